The van der Waals surface area contributed by atoms with Gasteiger partial charge in [-0.25, -0.2) is 0 Å². The van der Waals surface area contributed by atoms with E-state index in [1.54, 1.807) is 43.0 Å². The quantitative estimate of drug-likeness (QED) is 0.731. The van der Waals surface area contributed by atoms with Crippen molar-refractivity contribution in [2.75, 3.05) is 19.9 Å². The maximum atomic E-state index is 13.3. The van der Waals surface area contributed by atoms with E-state index in [2.05, 4.69) is 5.32 Å². The molecule has 0 spiro atoms. The molecule has 2 heterocycles. The average Bonchev–Trinajstić information content (AvgIpc) is 3.43. The Morgan fingerprint density at radius 3 is 2.58 bits per heavy atom. The molecule has 2 aromatic carbocycles. The highest BCUT2D eigenvalue weighted by Crippen LogP contribution is 2.37. The number of benzene rings is 2. The third-order valence-electron chi connectivity index (χ3n) is 6.01. The molecule has 2 atom stereocenters. The van der Waals surface area contributed by atoms with Gasteiger partial charge in [-0.15, -0.1) is 0 Å². The van der Waals surface area contributed by atoms with Crippen LogP contribution in [0.5, 0.6) is 11.5 Å². The van der Waals surface area contributed by atoms with E-state index in [0.29, 0.717) is 17.1 Å². The molecule has 0 aliphatic carbocycles. The molecule has 2 aliphatic heterocycles. The molecule has 9 heteroatoms. The molecule has 2 aliphatic rings. The van der Waals surface area contributed by atoms with Gasteiger partial charge in [0.1, 0.15) is 0 Å². The van der Waals surface area contributed by atoms with Crippen molar-refractivity contribution in [2.24, 2.45) is 11.8 Å². The largest absolute Gasteiger partial charge is 0.454 e. The Balaban J connectivity index is 1.54. The van der Waals surface area contributed by atoms with Crippen molar-refractivity contribution in [1.29, 1.82) is 0 Å². The van der Waals surface area contributed by atoms with Gasteiger partial charge in [-0.1, -0.05) is 38.1 Å². The smallest absolute Gasteiger partial charge is 0.416 e. The topological polar surface area (TPSA) is 67.9 Å². The minimum atomic E-state index is -4.49. The fourth-order valence-electron chi connectivity index (χ4n) is 4.27. The number of nitrogens with one attached hydrogen (secondary N) is 1. The van der Waals surface area contributed by atoms with Crippen molar-refractivity contribution >= 4 is 11.8 Å². The minimum Gasteiger partial charge on any atom is -0.454 e. The Hall–Kier alpha value is -3.23. The molecule has 33 heavy (non-hydrogen) atoms. The lowest BCUT2D eigenvalue weighted by Gasteiger charge is -2.19. The first-order chi connectivity index (χ1) is 15.6. The first-order valence-corrected chi connectivity index (χ1v) is 10.8. The number of rotatable bonds is 5. The number of hydrogen-bond acceptors (Lipinski definition) is 4. The molecular formula is C24H25F3N2O4. The summed E-state index contributed by atoms with van der Waals surface area (Å²) in [6.07, 6.45) is -4.49. The van der Waals surface area contributed by atoms with Gasteiger partial charge in [-0.05, 0) is 29.3 Å². The van der Waals surface area contributed by atoms with Crippen LogP contribution in [-0.4, -0.2) is 36.6 Å². The standard InChI is InChI=1S/C24H25F3N2O4/c1-14(2)23(31)29-11-18(16-4-3-5-17(9-16)24(25,26)27)19(12-29)22(30)28-10-15-6-7-20-21(8-15)33-13-32-20/h3-9,14,18-19H,10-13H2,1-2H3,(H,28,30)/t18-,19-/m1/s1. The molecule has 0 saturated carbocycles. The fraction of sp³-hybridized carbons (Fsp3) is 0.417. The predicted molar refractivity (Wildman–Crippen MR) is 114 cm³/mol. The van der Waals surface area contributed by atoms with Crippen LogP contribution in [0.3, 0.4) is 0 Å². The number of ether oxygens (including phenoxy) is 2. The SMILES string of the molecule is CC(C)C(=O)N1C[C@H](c2cccc(C(F)(F)F)c2)[C@H](C(=O)NCc2ccc3c(c2)OCO3)C1. The molecule has 0 radical (unpaired) electrons. The van der Waals surface area contributed by atoms with E-state index in [9.17, 15) is 22.8 Å². The highest BCUT2D eigenvalue weighted by Gasteiger charge is 2.41. The van der Waals surface area contributed by atoms with Crippen LogP contribution in [0.15, 0.2) is 42.5 Å². The lowest BCUT2D eigenvalue weighted by Crippen LogP contribution is -2.36. The number of likely N-dealkylation sites (tertiary alicyclic amines) is 1. The number of halogens is 3. The lowest BCUT2D eigenvalue weighted by atomic mass is 9.87. The van der Waals surface area contributed by atoms with Crippen LogP contribution in [0.2, 0.25) is 0 Å². The van der Waals surface area contributed by atoms with Gasteiger partial charge in [0.2, 0.25) is 18.6 Å². The highest BCUT2D eigenvalue weighted by molar-refractivity contribution is 5.84. The Bertz CT molecular complexity index is 1050. The first-order valence-electron chi connectivity index (χ1n) is 10.8. The molecule has 176 valence electrons. The van der Waals surface area contributed by atoms with Gasteiger partial charge in [0, 0.05) is 31.5 Å². The van der Waals surface area contributed by atoms with Crippen LogP contribution in [-0.2, 0) is 22.3 Å². The van der Waals surface area contributed by atoms with Gasteiger partial charge in [-0.3, -0.25) is 9.59 Å². The number of alkyl halides is 3. The van der Waals surface area contributed by atoms with Crippen molar-refractivity contribution < 1.29 is 32.2 Å². The van der Waals surface area contributed by atoms with Crippen molar-refractivity contribution in [3.8, 4) is 11.5 Å². The van der Waals surface area contributed by atoms with Gasteiger partial charge < -0.3 is 19.7 Å². The Morgan fingerprint density at radius 2 is 1.85 bits per heavy atom. The predicted octanol–water partition coefficient (Wildman–Crippen LogP) is 3.95. The summed E-state index contributed by atoms with van der Waals surface area (Å²) in [5.41, 5.74) is 0.427. The molecule has 2 aromatic rings. The number of nitrogens with zero attached hydrogens (tertiary/aromatic N) is 1. The van der Waals surface area contributed by atoms with Crippen molar-refractivity contribution in [1.82, 2.24) is 10.2 Å². The normalized spacial score (nSPS) is 19.8. The van der Waals surface area contributed by atoms with Crippen LogP contribution in [0.1, 0.15) is 36.5 Å². The second-order valence-electron chi connectivity index (χ2n) is 8.64. The van der Waals surface area contributed by atoms with Gasteiger partial charge >= 0.3 is 6.18 Å². The van der Waals surface area contributed by atoms with Crippen molar-refractivity contribution in [2.45, 2.75) is 32.5 Å². The van der Waals surface area contributed by atoms with Crippen LogP contribution in [0.4, 0.5) is 13.2 Å². The maximum Gasteiger partial charge on any atom is 0.416 e. The summed E-state index contributed by atoms with van der Waals surface area (Å²) in [7, 11) is 0. The zero-order chi connectivity index (χ0) is 23.8. The van der Waals surface area contributed by atoms with Gasteiger partial charge in [0.15, 0.2) is 11.5 Å². The highest BCUT2D eigenvalue weighted by atomic mass is 19.4. The van der Waals surface area contributed by atoms with E-state index in [-0.39, 0.29) is 44.2 Å². The van der Waals surface area contributed by atoms with Crippen LogP contribution in [0, 0.1) is 11.8 Å². The summed E-state index contributed by atoms with van der Waals surface area (Å²) in [5, 5.41) is 2.87. The molecular weight excluding hydrogens is 437 g/mol. The Labute approximate surface area is 189 Å². The molecule has 1 saturated heterocycles. The van der Waals surface area contributed by atoms with Crippen LogP contribution < -0.4 is 14.8 Å². The van der Waals surface area contributed by atoms with E-state index in [0.717, 1.165) is 17.7 Å². The summed E-state index contributed by atoms with van der Waals surface area (Å²) in [6, 6.07) is 10.3. The second kappa shape index (κ2) is 8.96. The van der Waals surface area contributed by atoms with E-state index in [1.165, 1.54) is 6.07 Å². The molecule has 0 unspecified atom stereocenters. The molecule has 4 rings (SSSR count). The Kier molecular flexibility index (Phi) is 6.23. The average molecular weight is 462 g/mol. The summed E-state index contributed by atoms with van der Waals surface area (Å²) >= 11 is 0. The summed E-state index contributed by atoms with van der Waals surface area (Å²) < 4.78 is 50.4. The molecule has 1 N–H and O–H groups in total. The number of amides is 2. The second-order valence-corrected chi connectivity index (χ2v) is 8.64. The van der Waals surface area contributed by atoms with E-state index < -0.39 is 23.6 Å². The van der Waals surface area contributed by atoms with Crippen molar-refractivity contribution in [3.05, 3.63) is 59.2 Å². The van der Waals surface area contributed by atoms with Gasteiger partial charge in [0.05, 0.1) is 11.5 Å². The monoisotopic (exact) mass is 462 g/mol. The third kappa shape index (κ3) is 4.91. The summed E-state index contributed by atoms with van der Waals surface area (Å²) in [4.78, 5) is 27.3. The molecule has 2 amide bonds. The minimum absolute atomic E-state index is 0.127. The number of carbonyl (C=O) groups excluding carboxylic acids is 2. The van der Waals surface area contributed by atoms with Gasteiger partial charge in [-0.2, -0.15) is 13.2 Å². The molecule has 6 nitrogen and oxygen atoms in total. The van der Waals surface area contributed by atoms with Gasteiger partial charge in [0.25, 0.3) is 0 Å². The Morgan fingerprint density at radius 1 is 1.09 bits per heavy atom. The first kappa shape index (κ1) is 22.9. The summed E-state index contributed by atoms with van der Waals surface area (Å²) in [6.45, 7) is 4.24. The zero-order valence-electron chi connectivity index (χ0n) is 18.3. The van der Waals surface area contributed by atoms with Crippen LogP contribution in [0.25, 0.3) is 0 Å². The molecule has 0 aromatic heterocycles. The van der Waals surface area contributed by atoms with Crippen molar-refractivity contribution in [3.63, 3.8) is 0 Å². The summed E-state index contributed by atoms with van der Waals surface area (Å²) in [5.74, 6) is -0.682. The van der Waals surface area contributed by atoms with E-state index in [4.69, 9.17) is 9.47 Å². The van der Waals surface area contributed by atoms with Crippen LogP contribution >= 0.6 is 0 Å². The number of carbonyl (C=O) groups is 2. The number of hydrogen-bond donors (Lipinski definition) is 1. The zero-order valence-corrected chi connectivity index (χ0v) is 18.3. The van der Waals surface area contributed by atoms with E-state index >= 15 is 0 Å². The van der Waals surface area contributed by atoms with E-state index in [1.807, 2.05) is 0 Å². The maximum absolute atomic E-state index is 13.3. The fourth-order valence-corrected chi connectivity index (χ4v) is 4.27. The lowest BCUT2D eigenvalue weighted by molar-refractivity contribution is -0.137. The number of fused-ring (bicyclic) bond motifs is 1. The molecule has 0 bridgehead atoms. The molecule has 1 fully saturated rings. The third-order valence-corrected chi connectivity index (χ3v) is 6.01.